The third kappa shape index (κ3) is 3.39. The van der Waals surface area contributed by atoms with E-state index in [4.69, 9.17) is 9.72 Å². The summed E-state index contributed by atoms with van der Waals surface area (Å²) in [6.45, 7) is 8.07. The Kier molecular flexibility index (Phi) is 5.17. The predicted octanol–water partition coefficient (Wildman–Crippen LogP) is 2.47. The van der Waals surface area contributed by atoms with Crippen LogP contribution in [0.1, 0.15) is 39.4 Å². The minimum Gasteiger partial charge on any atom is -0.376 e. The summed E-state index contributed by atoms with van der Waals surface area (Å²) >= 11 is 0. The maximum atomic E-state index is 5.66. The van der Waals surface area contributed by atoms with Crippen LogP contribution in [0.2, 0.25) is 0 Å². The van der Waals surface area contributed by atoms with Crippen LogP contribution in [0.25, 0.3) is 0 Å². The molecule has 1 aliphatic rings. The highest BCUT2D eigenvalue weighted by atomic mass is 16.5. The van der Waals surface area contributed by atoms with Gasteiger partial charge in [0.25, 0.3) is 0 Å². The van der Waals surface area contributed by atoms with Crippen molar-refractivity contribution in [1.29, 1.82) is 0 Å². The third-order valence-corrected chi connectivity index (χ3v) is 3.79. The van der Waals surface area contributed by atoms with E-state index in [0.717, 1.165) is 49.9 Å². The molecule has 2 unspecified atom stereocenters. The Morgan fingerprint density at radius 3 is 2.80 bits per heavy atom. The molecule has 0 aromatic carbocycles. The van der Waals surface area contributed by atoms with Crippen molar-refractivity contribution >= 4 is 11.6 Å². The Morgan fingerprint density at radius 2 is 2.20 bits per heavy atom. The highest BCUT2D eigenvalue weighted by Crippen LogP contribution is 2.24. The maximum Gasteiger partial charge on any atom is 0.134 e. The lowest BCUT2D eigenvalue weighted by atomic mass is 10.1. The minimum atomic E-state index is 0.257. The molecule has 1 saturated heterocycles. The first-order chi connectivity index (χ1) is 9.65. The quantitative estimate of drug-likeness (QED) is 0.866. The highest BCUT2D eigenvalue weighted by Gasteiger charge is 2.29. The zero-order chi connectivity index (χ0) is 14.5. The Morgan fingerprint density at radius 1 is 1.40 bits per heavy atom. The van der Waals surface area contributed by atoms with Gasteiger partial charge in [0.2, 0.25) is 0 Å². The molecule has 1 fully saturated rings. The third-order valence-electron chi connectivity index (χ3n) is 3.79. The maximum absolute atomic E-state index is 5.66. The monoisotopic (exact) mass is 278 g/mol. The van der Waals surface area contributed by atoms with E-state index in [1.807, 2.05) is 6.07 Å². The SMILES string of the molecule is CCCc1nc(NCC)cc(N(C)C2CCOC2C)n1. The fourth-order valence-electron chi connectivity index (χ4n) is 2.67. The summed E-state index contributed by atoms with van der Waals surface area (Å²) in [6, 6.07) is 2.43. The van der Waals surface area contributed by atoms with Gasteiger partial charge in [0.05, 0.1) is 12.1 Å². The summed E-state index contributed by atoms with van der Waals surface area (Å²) in [7, 11) is 2.10. The standard InChI is InChI=1S/C15H26N4O/c1-5-7-13-17-14(16-6-2)10-15(18-13)19(4)12-8-9-20-11(12)3/h10-12H,5-9H2,1-4H3,(H,16,17,18). The molecule has 0 bridgehead atoms. The van der Waals surface area contributed by atoms with E-state index >= 15 is 0 Å². The van der Waals surface area contributed by atoms with Crippen molar-refractivity contribution in [3.05, 3.63) is 11.9 Å². The first kappa shape index (κ1) is 15.0. The summed E-state index contributed by atoms with van der Waals surface area (Å²) in [4.78, 5) is 11.5. The zero-order valence-electron chi connectivity index (χ0n) is 13.0. The highest BCUT2D eigenvalue weighted by molar-refractivity contribution is 5.50. The normalized spacial score (nSPS) is 22.0. The van der Waals surface area contributed by atoms with E-state index < -0.39 is 0 Å². The zero-order valence-corrected chi connectivity index (χ0v) is 13.0. The molecule has 1 aromatic heterocycles. The number of hydrogen-bond acceptors (Lipinski definition) is 5. The molecule has 5 nitrogen and oxygen atoms in total. The molecule has 0 radical (unpaired) electrons. The molecule has 0 amide bonds. The lowest BCUT2D eigenvalue weighted by molar-refractivity contribution is 0.118. The van der Waals surface area contributed by atoms with Crippen LogP contribution in [-0.2, 0) is 11.2 Å². The van der Waals surface area contributed by atoms with Crippen molar-refractivity contribution in [3.63, 3.8) is 0 Å². The molecular formula is C15H26N4O. The molecule has 0 saturated carbocycles. The fourth-order valence-corrected chi connectivity index (χ4v) is 2.67. The molecule has 1 aliphatic heterocycles. The first-order valence-corrected chi connectivity index (χ1v) is 7.62. The minimum absolute atomic E-state index is 0.257. The van der Waals surface area contributed by atoms with Crippen molar-refractivity contribution < 1.29 is 4.74 Å². The van der Waals surface area contributed by atoms with Gasteiger partial charge >= 0.3 is 0 Å². The van der Waals surface area contributed by atoms with Crippen molar-refractivity contribution in [2.45, 2.75) is 52.2 Å². The first-order valence-electron chi connectivity index (χ1n) is 7.62. The summed E-state index contributed by atoms with van der Waals surface area (Å²) in [6.07, 6.45) is 3.28. The molecule has 112 valence electrons. The van der Waals surface area contributed by atoms with Crippen molar-refractivity contribution in [2.24, 2.45) is 0 Å². The number of rotatable bonds is 6. The van der Waals surface area contributed by atoms with Gasteiger partial charge in [-0.25, -0.2) is 9.97 Å². The van der Waals surface area contributed by atoms with Crippen molar-refractivity contribution in [2.75, 3.05) is 30.4 Å². The predicted molar refractivity (Wildman–Crippen MR) is 82.4 cm³/mol. The number of ether oxygens (including phenoxy) is 1. The van der Waals surface area contributed by atoms with Gasteiger partial charge in [-0.15, -0.1) is 0 Å². The molecule has 2 heterocycles. The Hall–Kier alpha value is -1.36. The number of aryl methyl sites for hydroxylation is 1. The van der Waals surface area contributed by atoms with E-state index in [2.05, 4.69) is 43.0 Å². The molecule has 0 spiro atoms. The van der Waals surface area contributed by atoms with Crippen molar-refractivity contribution in [1.82, 2.24) is 9.97 Å². The molecule has 20 heavy (non-hydrogen) atoms. The van der Waals surface area contributed by atoms with Gasteiger partial charge in [-0.3, -0.25) is 0 Å². The van der Waals surface area contributed by atoms with Crippen LogP contribution in [0, 0.1) is 0 Å². The van der Waals surface area contributed by atoms with E-state index in [-0.39, 0.29) is 6.10 Å². The van der Waals surface area contributed by atoms with Crippen LogP contribution in [0.15, 0.2) is 6.07 Å². The molecule has 0 aliphatic carbocycles. The molecule has 1 N–H and O–H groups in total. The summed E-state index contributed by atoms with van der Waals surface area (Å²) in [5, 5.41) is 3.29. The van der Waals surface area contributed by atoms with Crippen LogP contribution < -0.4 is 10.2 Å². The van der Waals surface area contributed by atoms with Gasteiger partial charge in [0, 0.05) is 32.7 Å². The summed E-state index contributed by atoms with van der Waals surface area (Å²) < 4.78 is 5.66. The second-order valence-electron chi connectivity index (χ2n) is 5.35. The number of hydrogen-bond donors (Lipinski definition) is 1. The molecule has 2 rings (SSSR count). The van der Waals surface area contributed by atoms with Crippen LogP contribution in [0.5, 0.6) is 0 Å². The van der Waals surface area contributed by atoms with Gasteiger partial charge in [0.1, 0.15) is 17.5 Å². The Balaban J connectivity index is 2.24. The van der Waals surface area contributed by atoms with E-state index in [1.54, 1.807) is 0 Å². The van der Waals surface area contributed by atoms with Crippen LogP contribution >= 0.6 is 0 Å². The fraction of sp³-hybridized carbons (Fsp3) is 0.733. The topological polar surface area (TPSA) is 50.3 Å². The van der Waals surface area contributed by atoms with Gasteiger partial charge in [-0.05, 0) is 26.7 Å². The second kappa shape index (κ2) is 6.88. The van der Waals surface area contributed by atoms with Crippen molar-refractivity contribution in [3.8, 4) is 0 Å². The number of nitrogens with zero attached hydrogens (tertiary/aromatic N) is 3. The van der Waals surface area contributed by atoms with E-state index in [9.17, 15) is 0 Å². The summed E-state index contributed by atoms with van der Waals surface area (Å²) in [5.74, 6) is 2.82. The smallest absolute Gasteiger partial charge is 0.134 e. The number of nitrogens with one attached hydrogen (secondary N) is 1. The Bertz CT molecular complexity index is 414. The molecule has 2 atom stereocenters. The number of anilines is 2. The number of likely N-dealkylation sites (N-methyl/N-ethyl adjacent to an activating group) is 1. The van der Waals surface area contributed by atoms with Gasteiger partial charge in [-0.1, -0.05) is 6.92 Å². The average molecular weight is 278 g/mol. The molecule has 5 heteroatoms. The average Bonchev–Trinajstić information content (AvgIpc) is 2.84. The lowest BCUT2D eigenvalue weighted by Gasteiger charge is -2.28. The van der Waals surface area contributed by atoms with Crippen LogP contribution in [0.3, 0.4) is 0 Å². The second-order valence-corrected chi connectivity index (χ2v) is 5.35. The molecule has 1 aromatic rings. The lowest BCUT2D eigenvalue weighted by Crippen LogP contribution is -2.37. The number of aromatic nitrogens is 2. The van der Waals surface area contributed by atoms with Crippen LogP contribution in [0.4, 0.5) is 11.6 Å². The molecular weight excluding hydrogens is 252 g/mol. The summed E-state index contributed by atoms with van der Waals surface area (Å²) in [5.41, 5.74) is 0. The van der Waals surface area contributed by atoms with E-state index in [0.29, 0.717) is 6.04 Å². The van der Waals surface area contributed by atoms with Gasteiger partial charge < -0.3 is 15.0 Å². The Labute approximate surface area is 121 Å². The van der Waals surface area contributed by atoms with E-state index in [1.165, 1.54) is 0 Å². The van der Waals surface area contributed by atoms with Gasteiger partial charge in [-0.2, -0.15) is 0 Å². The van der Waals surface area contributed by atoms with Crippen LogP contribution in [-0.4, -0.2) is 42.3 Å². The largest absolute Gasteiger partial charge is 0.376 e. The van der Waals surface area contributed by atoms with Gasteiger partial charge in [0.15, 0.2) is 0 Å².